The van der Waals surface area contributed by atoms with Crippen LogP contribution in [0, 0.1) is 13.8 Å². The van der Waals surface area contributed by atoms with Gasteiger partial charge in [-0.05, 0) is 13.8 Å². The minimum atomic E-state index is 0.411. The van der Waals surface area contributed by atoms with Crippen molar-refractivity contribution in [1.29, 1.82) is 0 Å². The van der Waals surface area contributed by atoms with Gasteiger partial charge in [-0.3, -0.25) is 4.98 Å². The molecule has 2 rings (SSSR count). The minimum absolute atomic E-state index is 0.411. The molecular weight excluding hydrogens is 262 g/mol. The number of aryl methyl sites for hydroxylation is 1. The summed E-state index contributed by atoms with van der Waals surface area (Å²) in [5, 5.41) is 8.37. The zero-order chi connectivity index (χ0) is 14.0. The maximum Gasteiger partial charge on any atom is 0.172 e. The Morgan fingerprint density at radius 3 is 2.63 bits per heavy atom. The van der Waals surface area contributed by atoms with Gasteiger partial charge in [0.1, 0.15) is 0 Å². The molecule has 0 aliphatic rings. The molecule has 5 nitrogen and oxygen atoms in total. The van der Waals surface area contributed by atoms with E-state index in [9.17, 15) is 0 Å². The monoisotopic (exact) mass is 279 g/mol. The molecule has 0 aliphatic heterocycles. The van der Waals surface area contributed by atoms with Gasteiger partial charge in [-0.25, -0.2) is 9.67 Å². The van der Waals surface area contributed by atoms with Gasteiger partial charge >= 0.3 is 0 Å². The van der Waals surface area contributed by atoms with Gasteiger partial charge in [0, 0.05) is 18.8 Å². The molecule has 102 valence electrons. The van der Waals surface area contributed by atoms with Gasteiger partial charge in [0.05, 0.1) is 28.3 Å². The Labute approximate surface area is 118 Å². The number of rotatable bonds is 4. The first-order chi connectivity index (χ1) is 8.99. The summed E-state index contributed by atoms with van der Waals surface area (Å²) in [6.45, 7) is 8.67. The standard InChI is InChI=1S/C13H18ClN5/c1-8(2)16-6-11-5-15-7-12(17-11)19-10(4)13(14)9(3)18-19/h5,7-8,16H,6H2,1-4H3. The first-order valence-electron chi connectivity index (χ1n) is 6.25. The van der Waals surface area contributed by atoms with E-state index in [0.29, 0.717) is 23.4 Å². The second kappa shape index (κ2) is 5.67. The van der Waals surface area contributed by atoms with E-state index in [-0.39, 0.29) is 0 Å². The highest BCUT2D eigenvalue weighted by molar-refractivity contribution is 6.31. The number of hydrogen-bond donors (Lipinski definition) is 1. The number of nitrogens with zero attached hydrogens (tertiary/aromatic N) is 4. The maximum atomic E-state index is 6.15. The highest BCUT2D eigenvalue weighted by Gasteiger charge is 2.12. The summed E-state index contributed by atoms with van der Waals surface area (Å²) in [6, 6.07) is 0.411. The average molecular weight is 280 g/mol. The minimum Gasteiger partial charge on any atom is -0.309 e. The summed E-state index contributed by atoms with van der Waals surface area (Å²) >= 11 is 6.15. The van der Waals surface area contributed by atoms with Crippen molar-refractivity contribution in [2.24, 2.45) is 0 Å². The van der Waals surface area contributed by atoms with Gasteiger partial charge in [0.25, 0.3) is 0 Å². The summed E-state index contributed by atoms with van der Waals surface area (Å²) in [6.07, 6.45) is 3.45. The summed E-state index contributed by atoms with van der Waals surface area (Å²) in [7, 11) is 0. The highest BCUT2D eigenvalue weighted by Crippen LogP contribution is 2.21. The zero-order valence-corrected chi connectivity index (χ0v) is 12.4. The highest BCUT2D eigenvalue weighted by atomic mass is 35.5. The topological polar surface area (TPSA) is 55.6 Å². The molecule has 2 heterocycles. The van der Waals surface area contributed by atoms with E-state index < -0.39 is 0 Å². The molecule has 0 atom stereocenters. The van der Waals surface area contributed by atoms with Crippen LogP contribution in [0.2, 0.25) is 5.02 Å². The van der Waals surface area contributed by atoms with Crippen LogP contribution in [0.15, 0.2) is 12.4 Å². The van der Waals surface area contributed by atoms with E-state index in [4.69, 9.17) is 11.6 Å². The lowest BCUT2D eigenvalue weighted by atomic mass is 10.3. The van der Waals surface area contributed by atoms with E-state index >= 15 is 0 Å². The molecule has 19 heavy (non-hydrogen) atoms. The van der Waals surface area contributed by atoms with Crippen LogP contribution in [0.5, 0.6) is 0 Å². The van der Waals surface area contributed by atoms with Crippen LogP contribution >= 0.6 is 11.6 Å². The molecule has 0 aliphatic carbocycles. The van der Waals surface area contributed by atoms with Crippen molar-refractivity contribution in [1.82, 2.24) is 25.1 Å². The summed E-state index contributed by atoms with van der Waals surface area (Å²) < 4.78 is 1.73. The Hall–Kier alpha value is -1.46. The fourth-order valence-corrected chi connectivity index (χ4v) is 1.86. The molecule has 0 saturated carbocycles. The molecule has 6 heteroatoms. The van der Waals surface area contributed by atoms with E-state index in [1.165, 1.54) is 0 Å². The predicted octanol–water partition coefficient (Wildman–Crippen LogP) is 2.43. The lowest BCUT2D eigenvalue weighted by molar-refractivity contribution is 0.578. The third-order valence-corrected chi connectivity index (χ3v) is 3.33. The van der Waals surface area contributed by atoms with Gasteiger partial charge in [-0.2, -0.15) is 5.10 Å². The number of aromatic nitrogens is 4. The molecule has 0 saturated heterocycles. The lowest BCUT2D eigenvalue weighted by Gasteiger charge is -2.08. The second-order valence-corrected chi connectivity index (χ2v) is 5.18. The van der Waals surface area contributed by atoms with Gasteiger partial charge in [0.2, 0.25) is 0 Å². The molecule has 2 aromatic rings. The van der Waals surface area contributed by atoms with Crippen molar-refractivity contribution < 1.29 is 0 Å². The van der Waals surface area contributed by atoms with Gasteiger partial charge in [-0.15, -0.1) is 0 Å². The molecule has 1 N–H and O–H groups in total. The largest absolute Gasteiger partial charge is 0.309 e. The van der Waals surface area contributed by atoms with Crippen LogP contribution in [0.25, 0.3) is 5.82 Å². The second-order valence-electron chi connectivity index (χ2n) is 4.80. The van der Waals surface area contributed by atoms with Crippen LogP contribution in [0.4, 0.5) is 0 Å². The van der Waals surface area contributed by atoms with Crippen molar-refractivity contribution in [3.8, 4) is 5.82 Å². The fraction of sp³-hybridized carbons (Fsp3) is 0.462. The van der Waals surface area contributed by atoms with Gasteiger partial charge in [0.15, 0.2) is 5.82 Å². The van der Waals surface area contributed by atoms with Crippen LogP contribution in [-0.4, -0.2) is 25.8 Å². The first kappa shape index (κ1) is 14.0. The van der Waals surface area contributed by atoms with Crippen LogP contribution < -0.4 is 5.32 Å². The predicted molar refractivity (Wildman–Crippen MR) is 75.6 cm³/mol. The van der Waals surface area contributed by atoms with Crippen LogP contribution in [0.1, 0.15) is 30.9 Å². The quantitative estimate of drug-likeness (QED) is 0.934. The van der Waals surface area contributed by atoms with Crippen LogP contribution in [0.3, 0.4) is 0 Å². The molecule has 2 aromatic heterocycles. The smallest absolute Gasteiger partial charge is 0.172 e. The van der Waals surface area contributed by atoms with E-state index in [1.54, 1.807) is 17.1 Å². The molecule has 0 spiro atoms. The van der Waals surface area contributed by atoms with Crippen molar-refractivity contribution >= 4 is 11.6 Å². The summed E-state index contributed by atoms with van der Waals surface area (Å²) in [5.41, 5.74) is 2.56. The molecule has 0 fully saturated rings. The number of nitrogens with one attached hydrogen (secondary N) is 1. The fourth-order valence-electron chi connectivity index (χ4n) is 1.74. The maximum absolute atomic E-state index is 6.15. The normalized spacial score (nSPS) is 11.3. The molecule has 0 amide bonds. The number of halogens is 1. The Bertz CT molecular complexity index is 576. The van der Waals surface area contributed by atoms with Crippen molar-refractivity contribution in [2.45, 2.75) is 40.3 Å². The Balaban J connectivity index is 2.30. The van der Waals surface area contributed by atoms with E-state index in [1.807, 2.05) is 13.8 Å². The SMILES string of the molecule is Cc1nn(-c2cncc(CNC(C)C)n2)c(C)c1Cl. The summed E-state index contributed by atoms with van der Waals surface area (Å²) in [5.74, 6) is 0.690. The molecule has 0 aromatic carbocycles. The summed E-state index contributed by atoms with van der Waals surface area (Å²) in [4.78, 5) is 8.76. The average Bonchev–Trinajstić information content (AvgIpc) is 2.64. The van der Waals surface area contributed by atoms with Crippen molar-refractivity contribution in [3.63, 3.8) is 0 Å². The molecule has 0 radical (unpaired) electrons. The van der Waals surface area contributed by atoms with Crippen LogP contribution in [-0.2, 0) is 6.54 Å². The van der Waals surface area contributed by atoms with Gasteiger partial charge < -0.3 is 5.32 Å². The van der Waals surface area contributed by atoms with Crippen molar-refractivity contribution in [2.75, 3.05) is 0 Å². The number of hydrogen-bond acceptors (Lipinski definition) is 4. The molecular formula is C13H18ClN5. The lowest BCUT2D eigenvalue weighted by Crippen LogP contribution is -2.22. The zero-order valence-electron chi connectivity index (χ0n) is 11.6. The third kappa shape index (κ3) is 3.11. The van der Waals surface area contributed by atoms with Crippen molar-refractivity contribution in [3.05, 3.63) is 34.5 Å². The molecule has 0 bridgehead atoms. The van der Waals surface area contributed by atoms with E-state index in [0.717, 1.165) is 17.1 Å². The van der Waals surface area contributed by atoms with Gasteiger partial charge in [-0.1, -0.05) is 25.4 Å². The Morgan fingerprint density at radius 2 is 2.05 bits per heavy atom. The Morgan fingerprint density at radius 1 is 1.32 bits per heavy atom. The molecule has 0 unspecified atom stereocenters. The third-order valence-electron chi connectivity index (χ3n) is 2.78. The Kier molecular flexibility index (Phi) is 4.17. The van der Waals surface area contributed by atoms with E-state index in [2.05, 4.69) is 34.2 Å². The first-order valence-corrected chi connectivity index (χ1v) is 6.63.